The topological polar surface area (TPSA) is 44.4 Å². The van der Waals surface area contributed by atoms with Gasteiger partial charge in [0.25, 0.3) is 0 Å². The maximum absolute atomic E-state index is 11.8. The number of amides is 1. The van der Waals surface area contributed by atoms with Crippen LogP contribution in [0.4, 0.5) is 0 Å². The molecule has 0 aromatic carbocycles. The van der Waals surface area contributed by atoms with Gasteiger partial charge >= 0.3 is 0 Å². The molecule has 2 N–H and O–H groups in total. The van der Waals surface area contributed by atoms with Crippen molar-refractivity contribution < 1.29 is 4.79 Å². The second kappa shape index (κ2) is 6.34. The molecule has 2 rings (SSSR count). The normalized spacial score (nSPS) is 29.6. The SMILES string of the molecule is C=CCNC(=O)C(C)NC1CCN2CCCC2C1. The van der Waals surface area contributed by atoms with Crippen molar-refractivity contribution in [2.45, 2.75) is 50.7 Å². The standard InChI is InChI=1S/C14H25N3O/c1-3-7-15-14(18)11(2)16-12-6-9-17-8-4-5-13(17)10-12/h3,11-13,16H,1,4-10H2,2H3,(H,15,18). The van der Waals surface area contributed by atoms with Crippen LogP contribution in [0.3, 0.4) is 0 Å². The lowest BCUT2D eigenvalue weighted by Crippen LogP contribution is -2.51. The first-order chi connectivity index (χ1) is 8.70. The van der Waals surface area contributed by atoms with Crippen molar-refractivity contribution in [3.8, 4) is 0 Å². The molecule has 102 valence electrons. The fourth-order valence-corrected chi connectivity index (χ4v) is 3.13. The van der Waals surface area contributed by atoms with Crippen molar-refractivity contribution in [3.05, 3.63) is 12.7 Å². The largest absolute Gasteiger partial charge is 0.351 e. The molecule has 0 aromatic rings. The summed E-state index contributed by atoms with van der Waals surface area (Å²) in [5.41, 5.74) is 0. The van der Waals surface area contributed by atoms with Gasteiger partial charge < -0.3 is 15.5 Å². The Morgan fingerprint density at radius 1 is 1.50 bits per heavy atom. The van der Waals surface area contributed by atoms with Crippen molar-refractivity contribution in [1.82, 2.24) is 15.5 Å². The maximum Gasteiger partial charge on any atom is 0.237 e. The molecular formula is C14H25N3O. The molecule has 2 fully saturated rings. The summed E-state index contributed by atoms with van der Waals surface area (Å²) >= 11 is 0. The Kier molecular flexibility index (Phi) is 4.78. The number of nitrogens with zero attached hydrogens (tertiary/aromatic N) is 1. The molecule has 2 heterocycles. The lowest BCUT2D eigenvalue weighted by Gasteiger charge is -2.36. The first-order valence-corrected chi connectivity index (χ1v) is 7.09. The van der Waals surface area contributed by atoms with Crippen LogP contribution in [0, 0.1) is 0 Å². The molecule has 2 saturated heterocycles. The van der Waals surface area contributed by atoms with E-state index in [9.17, 15) is 4.79 Å². The summed E-state index contributed by atoms with van der Waals surface area (Å²) in [6.07, 6.45) is 6.73. The number of carbonyl (C=O) groups is 1. The molecule has 4 nitrogen and oxygen atoms in total. The molecule has 2 aliphatic heterocycles. The van der Waals surface area contributed by atoms with Crippen LogP contribution in [0.25, 0.3) is 0 Å². The van der Waals surface area contributed by atoms with Crippen LogP contribution >= 0.6 is 0 Å². The van der Waals surface area contributed by atoms with Gasteiger partial charge in [-0.05, 0) is 45.7 Å². The predicted octanol–water partition coefficient (Wildman–Crippen LogP) is 0.894. The van der Waals surface area contributed by atoms with Crippen LogP contribution in [-0.4, -0.2) is 48.6 Å². The van der Waals surface area contributed by atoms with Crippen LogP contribution < -0.4 is 10.6 Å². The van der Waals surface area contributed by atoms with E-state index in [0.29, 0.717) is 12.6 Å². The van der Waals surface area contributed by atoms with E-state index in [1.165, 1.54) is 32.4 Å². The minimum Gasteiger partial charge on any atom is -0.351 e. The molecule has 3 atom stereocenters. The smallest absolute Gasteiger partial charge is 0.237 e. The summed E-state index contributed by atoms with van der Waals surface area (Å²) in [5, 5.41) is 6.31. The van der Waals surface area contributed by atoms with E-state index < -0.39 is 0 Å². The Hall–Kier alpha value is -0.870. The molecule has 0 spiro atoms. The number of hydrogen-bond acceptors (Lipinski definition) is 3. The fourth-order valence-electron chi connectivity index (χ4n) is 3.13. The van der Waals surface area contributed by atoms with Crippen LogP contribution in [0.5, 0.6) is 0 Å². The van der Waals surface area contributed by atoms with Crippen LogP contribution in [0.15, 0.2) is 12.7 Å². The van der Waals surface area contributed by atoms with Gasteiger partial charge in [-0.2, -0.15) is 0 Å². The first kappa shape index (κ1) is 13.6. The van der Waals surface area contributed by atoms with Gasteiger partial charge in [-0.3, -0.25) is 4.79 Å². The van der Waals surface area contributed by atoms with E-state index in [1.807, 2.05) is 6.92 Å². The minimum atomic E-state index is -0.108. The second-order valence-electron chi connectivity index (χ2n) is 5.48. The molecule has 3 unspecified atom stereocenters. The third-order valence-corrected chi connectivity index (χ3v) is 4.12. The molecular weight excluding hydrogens is 226 g/mol. The van der Waals surface area contributed by atoms with E-state index >= 15 is 0 Å². The summed E-state index contributed by atoms with van der Waals surface area (Å²) in [6, 6.07) is 1.14. The molecule has 4 heteroatoms. The van der Waals surface area contributed by atoms with Crippen molar-refractivity contribution in [1.29, 1.82) is 0 Å². The van der Waals surface area contributed by atoms with Crippen LogP contribution in [0.2, 0.25) is 0 Å². The summed E-state index contributed by atoms with van der Waals surface area (Å²) in [4.78, 5) is 14.4. The third kappa shape index (κ3) is 3.33. The molecule has 0 radical (unpaired) electrons. The first-order valence-electron chi connectivity index (χ1n) is 7.09. The molecule has 0 bridgehead atoms. The zero-order valence-electron chi connectivity index (χ0n) is 11.3. The molecule has 1 amide bonds. The van der Waals surface area contributed by atoms with E-state index in [1.54, 1.807) is 6.08 Å². The molecule has 0 aliphatic carbocycles. The molecule has 0 saturated carbocycles. The number of carbonyl (C=O) groups excluding carboxylic acids is 1. The minimum absolute atomic E-state index is 0.0729. The van der Waals surface area contributed by atoms with Gasteiger partial charge in [0.2, 0.25) is 5.91 Å². The van der Waals surface area contributed by atoms with Gasteiger partial charge in [-0.25, -0.2) is 0 Å². The highest BCUT2D eigenvalue weighted by Gasteiger charge is 2.32. The highest BCUT2D eigenvalue weighted by Crippen LogP contribution is 2.26. The van der Waals surface area contributed by atoms with Crippen molar-refractivity contribution in [2.75, 3.05) is 19.6 Å². The monoisotopic (exact) mass is 251 g/mol. The van der Waals surface area contributed by atoms with Gasteiger partial charge in [0.1, 0.15) is 0 Å². The van der Waals surface area contributed by atoms with Crippen molar-refractivity contribution in [3.63, 3.8) is 0 Å². The molecule has 18 heavy (non-hydrogen) atoms. The van der Waals surface area contributed by atoms with E-state index in [2.05, 4.69) is 22.1 Å². The van der Waals surface area contributed by atoms with Crippen LogP contribution in [0.1, 0.15) is 32.6 Å². The summed E-state index contributed by atoms with van der Waals surface area (Å²) in [7, 11) is 0. The summed E-state index contributed by atoms with van der Waals surface area (Å²) in [6.45, 7) is 8.55. The Bertz CT molecular complexity index is 305. The summed E-state index contributed by atoms with van der Waals surface area (Å²) < 4.78 is 0. The van der Waals surface area contributed by atoms with Gasteiger partial charge in [0, 0.05) is 18.6 Å². The van der Waals surface area contributed by atoms with E-state index in [4.69, 9.17) is 0 Å². The number of fused-ring (bicyclic) bond motifs is 1. The second-order valence-corrected chi connectivity index (χ2v) is 5.48. The predicted molar refractivity (Wildman–Crippen MR) is 73.4 cm³/mol. The zero-order valence-corrected chi connectivity index (χ0v) is 11.3. The highest BCUT2D eigenvalue weighted by molar-refractivity contribution is 5.81. The molecule has 2 aliphatic rings. The quantitative estimate of drug-likeness (QED) is 0.713. The molecule has 0 aromatic heterocycles. The number of hydrogen-bond donors (Lipinski definition) is 2. The zero-order chi connectivity index (χ0) is 13.0. The lowest BCUT2D eigenvalue weighted by molar-refractivity contribution is -0.122. The summed E-state index contributed by atoms with van der Waals surface area (Å²) in [5.74, 6) is 0.0729. The van der Waals surface area contributed by atoms with Gasteiger partial charge in [-0.15, -0.1) is 6.58 Å². The fraction of sp³-hybridized carbons (Fsp3) is 0.786. The average molecular weight is 251 g/mol. The van der Waals surface area contributed by atoms with Crippen molar-refractivity contribution >= 4 is 5.91 Å². The van der Waals surface area contributed by atoms with Gasteiger partial charge in [0.15, 0.2) is 0 Å². The van der Waals surface area contributed by atoms with E-state index in [-0.39, 0.29) is 11.9 Å². The third-order valence-electron chi connectivity index (χ3n) is 4.12. The highest BCUT2D eigenvalue weighted by atomic mass is 16.2. The Morgan fingerprint density at radius 3 is 3.11 bits per heavy atom. The van der Waals surface area contributed by atoms with Crippen molar-refractivity contribution in [2.24, 2.45) is 0 Å². The lowest BCUT2D eigenvalue weighted by atomic mass is 9.97. The number of rotatable bonds is 5. The Balaban J connectivity index is 1.75. The van der Waals surface area contributed by atoms with Crippen LogP contribution in [-0.2, 0) is 4.79 Å². The van der Waals surface area contributed by atoms with Gasteiger partial charge in [0.05, 0.1) is 6.04 Å². The Labute approximate surface area is 110 Å². The van der Waals surface area contributed by atoms with E-state index in [0.717, 1.165) is 12.5 Å². The average Bonchev–Trinajstić information content (AvgIpc) is 2.83. The number of nitrogens with one attached hydrogen (secondary N) is 2. The number of piperidine rings is 1. The maximum atomic E-state index is 11.8. The van der Waals surface area contributed by atoms with Gasteiger partial charge in [-0.1, -0.05) is 6.08 Å². The Morgan fingerprint density at radius 2 is 2.33 bits per heavy atom.